The number of rotatable bonds is 4. The Bertz CT molecular complexity index is 567. The van der Waals surface area contributed by atoms with Gasteiger partial charge in [-0.1, -0.05) is 0 Å². The van der Waals surface area contributed by atoms with Gasteiger partial charge in [0.15, 0.2) is 0 Å². The van der Waals surface area contributed by atoms with E-state index in [2.05, 4.69) is 15.5 Å². The predicted molar refractivity (Wildman–Crippen MR) is 69.1 cm³/mol. The molecule has 6 nitrogen and oxygen atoms in total. The molecule has 1 atom stereocenters. The largest absolute Gasteiger partial charge is 0.507 e. The fourth-order valence-electron chi connectivity index (χ4n) is 1.68. The Hall–Kier alpha value is -2.50. The highest BCUT2D eigenvalue weighted by molar-refractivity contribution is 5.97. The highest BCUT2D eigenvalue weighted by Gasteiger charge is 2.16. The third kappa shape index (κ3) is 2.85. The summed E-state index contributed by atoms with van der Waals surface area (Å²) in [5.74, 6) is 0.0571. The number of nitrogens with zero attached hydrogens (tertiary/aromatic N) is 1. The zero-order chi connectivity index (χ0) is 13.8. The van der Waals surface area contributed by atoms with Crippen LogP contribution in [0, 0.1) is 0 Å². The van der Waals surface area contributed by atoms with Gasteiger partial charge in [0.2, 0.25) is 0 Å². The summed E-state index contributed by atoms with van der Waals surface area (Å²) >= 11 is 0. The van der Waals surface area contributed by atoms with Crippen LogP contribution in [-0.2, 0) is 0 Å². The van der Waals surface area contributed by atoms with Crippen molar-refractivity contribution in [2.75, 3.05) is 7.11 Å². The zero-order valence-electron chi connectivity index (χ0n) is 10.7. The SMILES string of the molecule is COc1ccc(O)c(C(=O)NC(C)c2cn[nH]c2)c1. The van der Waals surface area contributed by atoms with Crippen molar-refractivity contribution in [2.45, 2.75) is 13.0 Å². The number of aromatic amines is 1. The quantitative estimate of drug-likeness (QED) is 0.780. The number of carbonyl (C=O) groups is 1. The minimum Gasteiger partial charge on any atom is -0.507 e. The molecule has 0 saturated heterocycles. The van der Waals surface area contributed by atoms with Gasteiger partial charge in [-0.3, -0.25) is 9.89 Å². The van der Waals surface area contributed by atoms with Gasteiger partial charge in [-0.15, -0.1) is 0 Å². The number of nitrogens with one attached hydrogen (secondary N) is 2. The van der Waals surface area contributed by atoms with E-state index in [0.717, 1.165) is 5.56 Å². The highest BCUT2D eigenvalue weighted by atomic mass is 16.5. The van der Waals surface area contributed by atoms with E-state index in [4.69, 9.17) is 4.74 Å². The van der Waals surface area contributed by atoms with Crippen LogP contribution in [0.4, 0.5) is 0 Å². The number of amides is 1. The standard InChI is InChI=1S/C13H15N3O3/c1-8(9-6-14-15-7-9)16-13(18)11-5-10(19-2)3-4-12(11)17/h3-8,17H,1-2H3,(H,14,15)(H,16,18). The van der Waals surface area contributed by atoms with Gasteiger partial charge in [-0.25, -0.2) is 0 Å². The number of carbonyl (C=O) groups excluding carboxylic acids is 1. The van der Waals surface area contributed by atoms with E-state index >= 15 is 0 Å². The number of ether oxygens (including phenoxy) is 1. The Kier molecular flexibility index (Phi) is 3.70. The molecular weight excluding hydrogens is 246 g/mol. The van der Waals surface area contributed by atoms with Gasteiger partial charge in [0.1, 0.15) is 11.5 Å². The molecule has 1 amide bonds. The van der Waals surface area contributed by atoms with Gasteiger partial charge in [0, 0.05) is 11.8 Å². The molecule has 2 rings (SSSR count). The smallest absolute Gasteiger partial charge is 0.255 e. The van der Waals surface area contributed by atoms with Crippen molar-refractivity contribution in [1.29, 1.82) is 0 Å². The maximum absolute atomic E-state index is 12.1. The van der Waals surface area contributed by atoms with Crippen LogP contribution in [0.25, 0.3) is 0 Å². The second kappa shape index (κ2) is 5.43. The summed E-state index contributed by atoms with van der Waals surface area (Å²) in [6.45, 7) is 1.83. The summed E-state index contributed by atoms with van der Waals surface area (Å²) in [6.07, 6.45) is 3.34. The fourth-order valence-corrected chi connectivity index (χ4v) is 1.68. The zero-order valence-corrected chi connectivity index (χ0v) is 10.7. The van der Waals surface area contributed by atoms with E-state index in [0.29, 0.717) is 5.75 Å². The Morgan fingerprint density at radius 2 is 2.32 bits per heavy atom. The molecule has 6 heteroatoms. The first-order valence-corrected chi connectivity index (χ1v) is 5.78. The molecule has 0 aliphatic carbocycles. The van der Waals surface area contributed by atoms with Crippen LogP contribution in [0.5, 0.6) is 11.5 Å². The maximum atomic E-state index is 12.1. The van der Waals surface area contributed by atoms with E-state index in [-0.39, 0.29) is 23.3 Å². The number of phenols is 1. The number of H-pyrrole nitrogens is 1. The molecule has 100 valence electrons. The minimum absolute atomic E-state index is 0.0855. The van der Waals surface area contributed by atoms with Crippen LogP contribution in [0.1, 0.15) is 28.9 Å². The molecule has 1 unspecified atom stereocenters. The van der Waals surface area contributed by atoms with Crippen LogP contribution < -0.4 is 10.1 Å². The number of hydrogen-bond acceptors (Lipinski definition) is 4. The van der Waals surface area contributed by atoms with E-state index < -0.39 is 0 Å². The Morgan fingerprint density at radius 1 is 1.53 bits per heavy atom. The molecule has 0 fully saturated rings. The molecule has 0 aliphatic rings. The van der Waals surface area contributed by atoms with Crippen molar-refractivity contribution in [3.05, 3.63) is 41.7 Å². The number of aromatic hydroxyl groups is 1. The summed E-state index contributed by atoms with van der Waals surface area (Å²) in [5, 5.41) is 19.0. The molecule has 1 heterocycles. The third-order valence-electron chi connectivity index (χ3n) is 2.82. The van der Waals surface area contributed by atoms with Crippen molar-refractivity contribution in [1.82, 2.24) is 15.5 Å². The van der Waals surface area contributed by atoms with E-state index in [9.17, 15) is 9.90 Å². The molecule has 19 heavy (non-hydrogen) atoms. The lowest BCUT2D eigenvalue weighted by atomic mass is 10.1. The van der Waals surface area contributed by atoms with E-state index in [1.165, 1.54) is 19.2 Å². The molecule has 0 spiro atoms. The first-order valence-electron chi connectivity index (χ1n) is 5.78. The average Bonchev–Trinajstić information content (AvgIpc) is 2.93. The van der Waals surface area contributed by atoms with Crippen molar-refractivity contribution >= 4 is 5.91 Å². The van der Waals surface area contributed by atoms with Crippen LogP contribution in [0.15, 0.2) is 30.6 Å². The average molecular weight is 261 g/mol. The monoisotopic (exact) mass is 261 g/mol. The van der Waals surface area contributed by atoms with Gasteiger partial charge in [-0.05, 0) is 25.1 Å². The maximum Gasteiger partial charge on any atom is 0.255 e. The molecule has 3 N–H and O–H groups in total. The molecule has 1 aromatic carbocycles. The highest BCUT2D eigenvalue weighted by Crippen LogP contribution is 2.23. The Morgan fingerprint density at radius 3 is 2.95 bits per heavy atom. The summed E-state index contributed by atoms with van der Waals surface area (Å²) in [4.78, 5) is 12.1. The van der Waals surface area contributed by atoms with Crippen LogP contribution >= 0.6 is 0 Å². The molecule has 2 aromatic rings. The van der Waals surface area contributed by atoms with E-state index in [1.807, 2.05) is 6.92 Å². The van der Waals surface area contributed by atoms with Gasteiger partial charge in [0.05, 0.1) is 24.9 Å². The summed E-state index contributed by atoms with van der Waals surface area (Å²) in [5.41, 5.74) is 1.03. The fraction of sp³-hybridized carbons (Fsp3) is 0.231. The molecule has 0 bridgehead atoms. The van der Waals surface area contributed by atoms with Gasteiger partial charge < -0.3 is 15.2 Å². The molecule has 0 saturated carbocycles. The summed E-state index contributed by atoms with van der Waals surface area (Å²) < 4.78 is 5.03. The van der Waals surface area contributed by atoms with Gasteiger partial charge >= 0.3 is 0 Å². The summed E-state index contributed by atoms with van der Waals surface area (Å²) in [7, 11) is 1.50. The minimum atomic E-state index is -0.370. The van der Waals surface area contributed by atoms with Gasteiger partial charge in [-0.2, -0.15) is 5.10 Å². The molecule has 0 radical (unpaired) electrons. The topological polar surface area (TPSA) is 87.2 Å². The second-order valence-corrected chi connectivity index (χ2v) is 4.11. The molecule has 0 aliphatic heterocycles. The van der Waals surface area contributed by atoms with E-state index in [1.54, 1.807) is 18.5 Å². The lowest BCUT2D eigenvalue weighted by molar-refractivity contribution is 0.0937. The van der Waals surface area contributed by atoms with Crippen LogP contribution in [0.3, 0.4) is 0 Å². The Balaban J connectivity index is 2.16. The number of benzene rings is 1. The van der Waals surface area contributed by atoms with Crippen molar-refractivity contribution in [2.24, 2.45) is 0 Å². The third-order valence-corrected chi connectivity index (χ3v) is 2.82. The number of phenolic OH excluding ortho intramolecular Hbond substituents is 1. The van der Waals surface area contributed by atoms with Crippen LogP contribution in [-0.4, -0.2) is 28.3 Å². The summed E-state index contributed by atoms with van der Waals surface area (Å²) in [6, 6.07) is 4.30. The predicted octanol–water partition coefficient (Wildman–Crippen LogP) is 1.61. The Labute approximate surface area is 110 Å². The first kappa shape index (κ1) is 12.9. The second-order valence-electron chi connectivity index (χ2n) is 4.11. The van der Waals surface area contributed by atoms with Crippen molar-refractivity contribution < 1.29 is 14.6 Å². The van der Waals surface area contributed by atoms with Crippen molar-refractivity contribution in [3.63, 3.8) is 0 Å². The first-order chi connectivity index (χ1) is 9.11. The number of aromatic nitrogens is 2. The van der Waals surface area contributed by atoms with Crippen molar-refractivity contribution in [3.8, 4) is 11.5 Å². The number of methoxy groups -OCH3 is 1. The number of hydrogen-bond donors (Lipinski definition) is 3. The lowest BCUT2D eigenvalue weighted by Gasteiger charge is -2.13. The molecule has 1 aromatic heterocycles. The van der Waals surface area contributed by atoms with Crippen LogP contribution in [0.2, 0.25) is 0 Å². The normalized spacial score (nSPS) is 11.9. The molecular formula is C13H15N3O3. The lowest BCUT2D eigenvalue weighted by Crippen LogP contribution is -2.26. The van der Waals surface area contributed by atoms with Gasteiger partial charge in [0.25, 0.3) is 5.91 Å².